The second kappa shape index (κ2) is 4.19. The predicted molar refractivity (Wildman–Crippen MR) is 53.3 cm³/mol. The molecule has 0 radical (unpaired) electrons. The summed E-state index contributed by atoms with van der Waals surface area (Å²) in [6, 6.07) is 0. The molecule has 0 spiro atoms. The molecule has 5 heteroatoms. The standard InChI is InChI=1S/C8H13BrN4/c9-8-5-11-12-13(8)6-7-1-3-10-4-2-7/h5,7,10H,1-4,6H2. The molecule has 72 valence electrons. The van der Waals surface area contributed by atoms with Crippen molar-refractivity contribution in [3.05, 3.63) is 10.8 Å². The lowest BCUT2D eigenvalue weighted by molar-refractivity contribution is 0.316. The fourth-order valence-electron chi connectivity index (χ4n) is 1.68. The molecular formula is C8H13BrN4. The fraction of sp³-hybridized carbons (Fsp3) is 0.750. The van der Waals surface area contributed by atoms with E-state index < -0.39 is 0 Å². The lowest BCUT2D eigenvalue weighted by Crippen LogP contribution is -2.30. The van der Waals surface area contributed by atoms with E-state index >= 15 is 0 Å². The summed E-state index contributed by atoms with van der Waals surface area (Å²) < 4.78 is 2.90. The van der Waals surface area contributed by atoms with Crippen LogP contribution in [0.25, 0.3) is 0 Å². The van der Waals surface area contributed by atoms with Gasteiger partial charge in [-0.25, -0.2) is 4.68 Å². The van der Waals surface area contributed by atoms with Crippen molar-refractivity contribution in [1.29, 1.82) is 0 Å². The molecule has 1 aliphatic heterocycles. The van der Waals surface area contributed by atoms with Gasteiger partial charge in [-0.05, 0) is 47.8 Å². The lowest BCUT2D eigenvalue weighted by Gasteiger charge is -2.22. The van der Waals surface area contributed by atoms with Gasteiger partial charge in [0.2, 0.25) is 0 Å². The molecule has 0 amide bonds. The van der Waals surface area contributed by atoms with Crippen molar-refractivity contribution in [2.24, 2.45) is 5.92 Å². The maximum atomic E-state index is 4.01. The van der Waals surface area contributed by atoms with Crippen LogP contribution in [0.1, 0.15) is 12.8 Å². The van der Waals surface area contributed by atoms with Crippen molar-refractivity contribution in [3.8, 4) is 0 Å². The Kier molecular flexibility index (Phi) is 2.95. The highest BCUT2D eigenvalue weighted by molar-refractivity contribution is 9.10. The average molecular weight is 245 g/mol. The minimum absolute atomic E-state index is 0.749. The van der Waals surface area contributed by atoms with Crippen molar-refractivity contribution < 1.29 is 0 Å². The first-order chi connectivity index (χ1) is 6.36. The van der Waals surface area contributed by atoms with Crippen LogP contribution in [-0.4, -0.2) is 28.1 Å². The smallest absolute Gasteiger partial charge is 0.124 e. The summed E-state index contributed by atoms with van der Waals surface area (Å²) in [5.41, 5.74) is 0. The van der Waals surface area contributed by atoms with Gasteiger partial charge in [-0.2, -0.15) is 0 Å². The van der Waals surface area contributed by atoms with Crippen molar-refractivity contribution >= 4 is 15.9 Å². The molecule has 1 saturated heterocycles. The largest absolute Gasteiger partial charge is 0.317 e. The zero-order valence-electron chi connectivity index (χ0n) is 7.41. The van der Waals surface area contributed by atoms with Crippen LogP contribution in [0.3, 0.4) is 0 Å². The zero-order valence-corrected chi connectivity index (χ0v) is 9.00. The number of nitrogens with one attached hydrogen (secondary N) is 1. The Bertz CT molecular complexity index is 267. The molecule has 1 N–H and O–H groups in total. The maximum Gasteiger partial charge on any atom is 0.124 e. The van der Waals surface area contributed by atoms with Crippen LogP contribution in [0, 0.1) is 5.92 Å². The van der Waals surface area contributed by atoms with Gasteiger partial charge in [0, 0.05) is 6.54 Å². The van der Waals surface area contributed by atoms with Gasteiger partial charge in [-0.15, -0.1) is 5.10 Å². The molecule has 0 aliphatic carbocycles. The molecule has 13 heavy (non-hydrogen) atoms. The average Bonchev–Trinajstić information content (AvgIpc) is 2.54. The highest BCUT2D eigenvalue weighted by Crippen LogP contribution is 2.16. The zero-order chi connectivity index (χ0) is 9.10. The number of halogens is 1. The number of aromatic nitrogens is 3. The van der Waals surface area contributed by atoms with Gasteiger partial charge in [0.15, 0.2) is 0 Å². The molecule has 1 aliphatic rings. The summed E-state index contributed by atoms with van der Waals surface area (Å²) in [6.45, 7) is 3.26. The first-order valence-electron chi connectivity index (χ1n) is 4.61. The molecule has 0 unspecified atom stereocenters. The van der Waals surface area contributed by atoms with E-state index in [1.165, 1.54) is 12.8 Å². The van der Waals surface area contributed by atoms with Gasteiger partial charge in [-0.3, -0.25) is 0 Å². The number of piperidine rings is 1. The van der Waals surface area contributed by atoms with Crippen molar-refractivity contribution in [2.45, 2.75) is 19.4 Å². The molecule has 2 heterocycles. The fourth-order valence-corrected chi connectivity index (χ4v) is 1.99. The summed E-state index contributed by atoms with van der Waals surface area (Å²) >= 11 is 3.42. The third kappa shape index (κ3) is 2.28. The van der Waals surface area contributed by atoms with Crippen LogP contribution in [0.4, 0.5) is 0 Å². The van der Waals surface area contributed by atoms with Crippen LogP contribution < -0.4 is 5.32 Å². The first-order valence-corrected chi connectivity index (χ1v) is 5.40. The van der Waals surface area contributed by atoms with Gasteiger partial charge >= 0.3 is 0 Å². The van der Waals surface area contributed by atoms with Crippen molar-refractivity contribution in [2.75, 3.05) is 13.1 Å². The Labute approximate surface area is 85.8 Å². The van der Waals surface area contributed by atoms with Gasteiger partial charge in [-0.1, -0.05) is 5.21 Å². The Morgan fingerprint density at radius 2 is 2.31 bits per heavy atom. The number of hydrogen-bond acceptors (Lipinski definition) is 3. The van der Waals surface area contributed by atoms with E-state index in [9.17, 15) is 0 Å². The minimum atomic E-state index is 0.749. The minimum Gasteiger partial charge on any atom is -0.317 e. The highest BCUT2D eigenvalue weighted by Gasteiger charge is 2.14. The molecule has 1 aromatic rings. The normalized spacial score (nSPS) is 19.2. The van der Waals surface area contributed by atoms with Gasteiger partial charge in [0.25, 0.3) is 0 Å². The number of rotatable bonds is 2. The monoisotopic (exact) mass is 244 g/mol. The Hall–Kier alpha value is -0.420. The van der Waals surface area contributed by atoms with E-state index in [1.54, 1.807) is 6.20 Å². The van der Waals surface area contributed by atoms with E-state index in [-0.39, 0.29) is 0 Å². The highest BCUT2D eigenvalue weighted by atomic mass is 79.9. The predicted octanol–water partition coefficient (Wildman–Crippen LogP) is 1.04. The molecule has 0 saturated carbocycles. The molecule has 1 fully saturated rings. The maximum absolute atomic E-state index is 4.01. The van der Waals surface area contributed by atoms with Crippen LogP contribution in [0.15, 0.2) is 10.8 Å². The van der Waals surface area contributed by atoms with E-state index in [0.29, 0.717) is 0 Å². The van der Waals surface area contributed by atoms with Crippen LogP contribution in [0.2, 0.25) is 0 Å². The Morgan fingerprint density at radius 3 is 2.92 bits per heavy atom. The molecule has 2 rings (SSSR count). The first kappa shape index (κ1) is 9.15. The summed E-state index contributed by atoms with van der Waals surface area (Å²) in [5.74, 6) is 0.749. The third-order valence-electron chi connectivity index (χ3n) is 2.46. The molecule has 0 aromatic carbocycles. The number of hydrogen-bond donors (Lipinski definition) is 1. The quantitative estimate of drug-likeness (QED) is 0.846. The van der Waals surface area contributed by atoms with Gasteiger partial charge in [0.05, 0.1) is 6.20 Å². The summed E-state index contributed by atoms with van der Waals surface area (Å²) in [7, 11) is 0. The van der Waals surface area contributed by atoms with E-state index in [0.717, 1.165) is 30.2 Å². The summed E-state index contributed by atoms with van der Waals surface area (Å²) in [5, 5.41) is 11.2. The molecule has 0 bridgehead atoms. The van der Waals surface area contributed by atoms with Crippen LogP contribution in [-0.2, 0) is 6.54 Å². The summed E-state index contributed by atoms with van der Waals surface area (Å²) in [4.78, 5) is 0. The Balaban J connectivity index is 1.93. The van der Waals surface area contributed by atoms with Gasteiger partial charge < -0.3 is 5.32 Å². The second-order valence-electron chi connectivity index (χ2n) is 3.43. The lowest BCUT2D eigenvalue weighted by atomic mass is 9.98. The van der Waals surface area contributed by atoms with E-state index in [4.69, 9.17) is 0 Å². The Morgan fingerprint density at radius 1 is 1.54 bits per heavy atom. The molecule has 0 atom stereocenters. The van der Waals surface area contributed by atoms with Gasteiger partial charge in [0.1, 0.15) is 4.60 Å². The third-order valence-corrected chi connectivity index (χ3v) is 3.07. The number of nitrogens with zero attached hydrogens (tertiary/aromatic N) is 3. The second-order valence-corrected chi connectivity index (χ2v) is 4.24. The van der Waals surface area contributed by atoms with Crippen LogP contribution >= 0.6 is 15.9 Å². The van der Waals surface area contributed by atoms with Crippen molar-refractivity contribution in [1.82, 2.24) is 20.3 Å². The molecule has 1 aromatic heterocycles. The molecule has 4 nitrogen and oxygen atoms in total. The summed E-state index contributed by atoms with van der Waals surface area (Å²) in [6.07, 6.45) is 4.22. The van der Waals surface area contributed by atoms with Crippen molar-refractivity contribution in [3.63, 3.8) is 0 Å². The molecular weight excluding hydrogens is 232 g/mol. The SMILES string of the molecule is Brc1cnnn1CC1CCNCC1. The van der Waals surface area contributed by atoms with Crippen LogP contribution in [0.5, 0.6) is 0 Å². The van der Waals surface area contributed by atoms with E-state index in [1.807, 2.05) is 4.68 Å². The topological polar surface area (TPSA) is 42.7 Å². The van der Waals surface area contributed by atoms with E-state index in [2.05, 4.69) is 31.6 Å².